The van der Waals surface area contributed by atoms with Gasteiger partial charge in [0.1, 0.15) is 6.61 Å². The van der Waals surface area contributed by atoms with Crippen molar-refractivity contribution in [3.8, 4) is 0 Å². The summed E-state index contributed by atoms with van der Waals surface area (Å²) in [6, 6.07) is -0.622. The van der Waals surface area contributed by atoms with Gasteiger partial charge in [-0.25, -0.2) is 4.79 Å². The Bertz CT molecular complexity index is 1050. The van der Waals surface area contributed by atoms with Crippen LogP contribution in [0.2, 0.25) is 0 Å². The molecule has 0 spiro atoms. The number of hydrogen-bond donors (Lipinski definition) is 1. The second-order valence-corrected chi connectivity index (χ2v) is 14.9. The highest BCUT2D eigenvalue weighted by Gasteiger charge is 2.31. The summed E-state index contributed by atoms with van der Waals surface area (Å²) in [6.07, 6.45) is 42.6. The van der Waals surface area contributed by atoms with Crippen molar-refractivity contribution in [3.05, 3.63) is 60.8 Å². The van der Waals surface area contributed by atoms with E-state index in [1.807, 2.05) is 21.1 Å². The third kappa shape index (κ3) is 34.5. The van der Waals surface area contributed by atoms with Crippen molar-refractivity contribution in [2.24, 2.45) is 0 Å². The fraction of sp³-hybridized carbons (Fsp3) is 0.711. The number of unbranched alkanes of at least 4 members (excludes halogenated alkanes) is 12. The van der Waals surface area contributed by atoms with Crippen LogP contribution in [-0.2, 0) is 28.6 Å². The van der Waals surface area contributed by atoms with Gasteiger partial charge in [0.2, 0.25) is 0 Å². The molecule has 0 radical (unpaired) electrons. The molecule has 8 nitrogen and oxygen atoms in total. The molecule has 2 atom stereocenters. The number of carboxylic acids is 1. The van der Waals surface area contributed by atoms with Gasteiger partial charge in [0.15, 0.2) is 12.1 Å². The van der Waals surface area contributed by atoms with Crippen LogP contribution in [0.25, 0.3) is 0 Å². The number of carbonyl (C=O) groups excluding carboxylic acids is 2. The highest BCUT2D eigenvalue weighted by molar-refractivity contribution is 5.72. The van der Waals surface area contributed by atoms with Gasteiger partial charge in [-0.3, -0.25) is 9.59 Å². The maximum atomic E-state index is 12.7. The first-order valence-electron chi connectivity index (χ1n) is 20.8. The second kappa shape index (κ2) is 36.0. The van der Waals surface area contributed by atoms with Crippen LogP contribution in [-0.4, -0.2) is 80.6 Å². The van der Waals surface area contributed by atoms with Gasteiger partial charge >= 0.3 is 17.9 Å². The minimum Gasteiger partial charge on any atom is -0.477 e. The largest absolute Gasteiger partial charge is 0.477 e. The lowest BCUT2D eigenvalue weighted by molar-refractivity contribution is -0.887. The number of carboxylic acid groups (broad SMARTS) is 1. The number of rotatable bonds is 36. The average molecular weight is 745 g/mol. The van der Waals surface area contributed by atoms with Gasteiger partial charge < -0.3 is 23.8 Å². The molecule has 0 aliphatic heterocycles. The molecule has 0 aliphatic carbocycles. The van der Waals surface area contributed by atoms with Crippen LogP contribution in [0.4, 0.5) is 0 Å². The first kappa shape index (κ1) is 50.0. The summed E-state index contributed by atoms with van der Waals surface area (Å²) in [5.41, 5.74) is 0. The van der Waals surface area contributed by atoms with Crippen LogP contribution in [0.5, 0.6) is 0 Å². The lowest BCUT2D eigenvalue weighted by Crippen LogP contribution is -2.50. The Morgan fingerprint density at radius 1 is 0.585 bits per heavy atom. The molecule has 0 heterocycles. The predicted octanol–water partition coefficient (Wildman–Crippen LogP) is 11.0. The smallest absolute Gasteiger partial charge is 0.362 e. The molecule has 0 rings (SSSR count). The highest BCUT2D eigenvalue weighted by Crippen LogP contribution is 2.12. The number of aliphatic carboxylic acids is 1. The molecular formula is C45H78NO7+. The molecule has 0 fully saturated rings. The molecule has 0 aromatic rings. The zero-order valence-corrected chi connectivity index (χ0v) is 34.4. The minimum absolute atomic E-state index is 0.0461. The molecular weight excluding hydrogens is 666 g/mol. The van der Waals surface area contributed by atoms with Gasteiger partial charge in [0, 0.05) is 19.3 Å². The molecule has 304 valence electrons. The predicted molar refractivity (Wildman–Crippen MR) is 220 cm³/mol. The Labute approximate surface area is 324 Å². The third-order valence-corrected chi connectivity index (χ3v) is 8.90. The number of carbonyl (C=O) groups is 3. The van der Waals surface area contributed by atoms with E-state index < -0.39 is 18.1 Å². The molecule has 0 aliphatic rings. The molecule has 0 amide bonds. The van der Waals surface area contributed by atoms with Gasteiger partial charge in [-0.1, -0.05) is 120 Å². The van der Waals surface area contributed by atoms with E-state index in [1.165, 1.54) is 32.1 Å². The van der Waals surface area contributed by atoms with E-state index in [-0.39, 0.29) is 36.2 Å². The first-order valence-corrected chi connectivity index (χ1v) is 20.8. The Hall–Kier alpha value is -2.97. The van der Waals surface area contributed by atoms with Crippen LogP contribution < -0.4 is 0 Å². The standard InChI is InChI=1S/C45H77NO7/c1-6-8-10-12-14-16-18-20-21-22-23-24-26-28-30-32-34-36-44(48)53-41(39-51-38-37-42(45(49)50)46(3,4)5)40-52-43(47)35-33-31-29-27-25-19-17-15-13-11-9-7-2/h8,10,14-17,20-21,23-24,41-42H,6-7,9,11-13,18-19,22,25-40H2,1-5H3/p+1/b10-8-,16-14-,17-15-,21-20-,24-23-. The van der Waals surface area contributed by atoms with Gasteiger partial charge in [0.05, 0.1) is 34.4 Å². The summed E-state index contributed by atoms with van der Waals surface area (Å²) in [5.74, 6) is -1.52. The number of likely N-dealkylation sites (N-methyl/N-ethyl adjacent to an activating group) is 1. The van der Waals surface area contributed by atoms with Crippen molar-refractivity contribution in [2.45, 2.75) is 167 Å². The summed E-state index contributed by atoms with van der Waals surface area (Å²) in [6.45, 7) is 4.54. The van der Waals surface area contributed by atoms with Gasteiger partial charge in [-0.05, 0) is 77.0 Å². The summed E-state index contributed by atoms with van der Waals surface area (Å²) < 4.78 is 17.2. The van der Waals surface area contributed by atoms with E-state index in [2.05, 4.69) is 74.6 Å². The summed E-state index contributed by atoms with van der Waals surface area (Å²) in [5, 5.41) is 9.60. The zero-order chi connectivity index (χ0) is 39.3. The average Bonchev–Trinajstić information content (AvgIpc) is 3.11. The second-order valence-electron chi connectivity index (χ2n) is 14.9. The van der Waals surface area contributed by atoms with Gasteiger partial charge in [0.25, 0.3) is 0 Å². The van der Waals surface area contributed by atoms with Crippen molar-refractivity contribution >= 4 is 17.9 Å². The van der Waals surface area contributed by atoms with Crippen molar-refractivity contribution < 1.29 is 38.2 Å². The Morgan fingerprint density at radius 2 is 1.06 bits per heavy atom. The molecule has 8 heteroatoms. The molecule has 0 aromatic carbocycles. The summed E-state index contributed by atoms with van der Waals surface area (Å²) in [7, 11) is 5.50. The first-order chi connectivity index (χ1) is 25.6. The van der Waals surface area contributed by atoms with E-state index in [1.54, 1.807) is 0 Å². The number of ether oxygens (including phenoxy) is 3. The highest BCUT2D eigenvalue weighted by atomic mass is 16.6. The lowest BCUT2D eigenvalue weighted by Gasteiger charge is -2.31. The molecule has 1 N–H and O–H groups in total. The van der Waals surface area contributed by atoms with E-state index in [0.29, 0.717) is 19.3 Å². The molecule has 0 bridgehead atoms. The summed E-state index contributed by atoms with van der Waals surface area (Å²) >= 11 is 0. The van der Waals surface area contributed by atoms with Crippen LogP contribution in [0.1, 0.15) is 155 Å². The zero-order valence-electron chi connectivity index (χ0n) is 34.4. The van der Waals surface area contributed by atoms with Crippen molar-refractivity contribution in [2.75, 3.05) is 41.0 Å². The van der Waals surface area contributed by atoms with Crippen LogP contribution >= 0.6 is 0 Å². The number of nitrogens with zero attached hydrogens (tertiary/aromatic N) is 1. The van der Waals surface area contributed by atoms with E-state index in [9.17, 15) is 19.5 Å². The van der Waals surface area contributed by atoms with Crippen LogP contribution in [0.3, 0.4) is 0 Å². The topological polar surface area (TPSA) is 99.1 Å². The number of quaternary nitrogens is 1. The van der Waals surface area contributed by atoms with Crippen LogP contribution in [0, 0.1) is 0 Å². The SMILES string of the molecule is CC/C=C\C/C=C\C/C=C\C/C=C\CCCCCCC(=O)OC(COCCC(C(=O)O)[N+](C)(C)C)COC(=O)CCCCCCC/C=C\CCCCC. The van der Waals surface area contributed by atoms with E-state index in [4.69, 9.17) is 14.2 Å². The van der Waals surface area contributed by atoms with Crippen molar-refractivity contribution in [1.82, 2.24) is 0 Å². The van der Waals surface area contributed by atoms with Gasteiger partial charge in [-0.2, -0.15) is 0 Å². The normalized spacial score (nSPS) is 13.6. The molecule has 53 heavy (non-hydrogen) atoms. The number of allylic oxidation sites excluding steroid dienone is 10. The number of esters is 2. The molecule has 0 saturated carbocycles. The fourth-order valence-electron chi connectivity index (χ4n) is 5.66. The number of hydrogen-bond acceptors (Lipinski definition) is 6. The molecule has 0 aromatic heterocycles. The van der Waals surface area contributed by atoms with Crippen molar-refractivity contribution in [1.29, 1.82) is 0 Å². The summed E-state index contributed by atoms with van der Waals surface area (Å²) in [4.78, 5) is 36.9. The maximum absolute atomic E-state index is 12.7. The quantitative estimate of drug-likeness (QED) is 0.0295. The Balaban J connectivity index is 4.45. The van der Waals surface area contributed by atoms with Crippen LogP contribution in [0.15, 0.2) is 60.8 Å². The lowest BCUT2D eigenvalue weighted by atomic mass is 10.1. The molecule has 2 unspecified atom stereocenters. The van der Waals surface area contributed by atoms with Gasteiger partial charge in [-0.15, -0.1) is 0 Å². The minimum atomic E-state index is -0.883. The third-order valence-electron chi connectivity index (χ3n) is 8.90. The maximum Gasteiger partial charge on any atom is 0.362 e. The van der Waals surface area contributed by atoms with E-state index >= 15 is 0 Å². The fourth-order valence-corrected chi connectivity index (χ4v) is 5.66. The molecule has 0 saturated heterocycles. The Morgan fingerprint density at radius 3 is 1.58 bits per heavy atom. The Kier molecular flexibility index (Phi) is 34.0. The van der Waals surface area contributed by atoms with E-state index in [0.717, 1.165) is 89.9 Å². The van der Waals surface area contributed by atoms with Crippen molar-refractivity contribution in [3.63, 3.8) is 0 Å². The monoisotopic (exact) mass is 745 g/mol.